The minimum Gasteiger partial charge on any atom is -0.494 e. The van der Waals surface area contributed by atoms with Gasteiger partial charge in [-0.15, -0.1) is 0 Å². The van der Waals surface area contributed by atoms with Crippen LogP contribution in [0, 0.1) is 0 Å². The number of unbranched alkanes of at least 4 members (excludes halogenated alkanes) is 1. The second-order valence-corrected chi connectivity index (χ2v) is 9.17. The second-order valence-electron chi connectivity index (χ2n) is 9.17. The first-order chi connectivity index (χ1) is 14.7. The first-order valence-corrected chi connectivity index (χ1v) is 12.0. The van der Waals surface area contributed by atoms with Gasteiger partial charge in [0.15, 0.2) is 0 Å². The first kappa shape index (κ1) is 21.2. The van der Waals surface area contributed by atoms with Crippen LogP contribution in [0.3, 0.4) is 0 Å². The van der Waals surface area contributed by atoms with Crippen molar-refractivity contribution < 1.29 is 14.3 Å². The van der Waals surface area contributed by atoms with Crippen molar-refractivity contribution in [2.75, 3.05) is 13.2 Å². The van der Waals surface area contributed by atoms with Crippen LogP contribution in [-0.2, 0) is 9.59 Å². The summed E-state index contributed by atoms with van der Waals surface area (Å²) in [4.78, 5) is 30.9. The number of piperazine rings is 1. The molecule has 5 nitrogen and oxygen atoms in total. The molecule has 30 heavy (non-hydrogen) atoms. The van der Waals surface area contributed by atoms with Gasteiger partial charge >= 0.3 is 0 Å². The van der Waals surface area contributed by atoms with Crippen LogP contribution in [0.5, 0.6) is 5.75 Å². The summed E-state index contributed by atoms with van der Waals surface area (Å²) < 4.78 is 5.80. The van der Waals surface area contributed by atoms with Crippen LogP contribution in [0.2, 0.25) is 0 Å². The van der Waals surface area contributed by atoms with Crippen molar-refractivity contribution in [3.05, 3.63) is 29.8 Å². The Morgan fingerprint density at radius 3 is 2.20 bits per heavy atom. The van der Waals surface area contributed by atoms with E-state index < -0.39 is 6.04 Å². The molecule has 2 saturated carbocycles. The van der Waals surface area contributed by atoms with E-state index in [0.29, 0.717) is 6.61 Å². The zero-order valence-corrected chi connectivity index (χ0v) is 18.4. The van der Waals surface area contributed by atoms with Gasteiger partial charge in [0.1, 0.15) is 18.3 Å². The molecule has 1 aromatic rings. The minimum atomic E-state index is -0.485. The van der Waals surface area contributed by atoms with E-state index in [-0.39, 0.29) is 30.4 Å². The fraction of sp³-hybridized carbons (Fsp3) is 0.680. The van der Waals surface area contributed by atoms with Crippen molar-refractivity contribution in [2.45, 2.75) is 95.7 Å². The molecule has 0 aromatic heterocycles. The Morgan fingerprint density at radius 2 is 1.53 bits per heavy atom. The van der Waals surface area contributed by atoms with Gasteiger partial charge in [-0.2, -0.15) is 0 Å². The number of amides is 2. The Hall–Kier alpha value is -2.04. The van der Waals surface area contributed by atoms with Crippen LogP contribution in [0.25, 0.3) is 0 Å². The Labute approximate surface area is 180 Å². The number of ether oxygens (including phenoxy) is 1. The molecular weight excluding hydrogens is 376 g/mol. The SMILES string of the molecule is CCCCOc1ccc([C@H]2C(=O)N(C3CCCCC3)CC(=O)N2C2CCCC2)cc1. The quantitative estimate of drug-likeness (QED) is 0.602. The lowest BCUT2D eigenvalue weighted by atomic mass is 9.91. The second kappa shape index (κ2) is 9.84. The predicted molar refractivity (Wildman–Crippen MR) is 117 cm³/mol. The van der Waals surface area contributed by atoms with E-state index >= 15 is 0 Å². The third-order valence-corrected chi connectivity index (χ3v) is 7.08. The van der Waals surface area contributed by atoms with Gasteiger partial charge in [0.05, 0.1) is 6.61 Å². The number of benzene rings is 1. The zero-order valence-electron chi connectivity index (χ0n) is 18.4. The molecule has 2 aliphatic carbocycles. The summed E-state index contributed by atoms with van der Waals surface area (Å²) in [7, 11) is 0. The van der Waals surface area contributed by atoms with Gasteiger partial charge in [-0.05, 0) is 49.8 Å². The van der Waals surface area contributed by atoms with Gasteiger partial charge in [0, 0.05) is 12.1 Å². The van der Waals surface area contributed by atoms with Crippen LogP contribution in [0.4, 0.5) is 0 Å². The third-order valence-electron chi connectivity index (χ3n) is 7.08. The molecule has 0 spiro atoms. The molecule has 3 aliphatic rings. The number of hydrogen-bond donors (Lipinski definition) is 0. The maximum Gasteiger partial charge on any atom is 0.250 e. The lowest BCUT2D eigenvalue weighted by Gasteiger charge is -2.46. The first-order valence-electron chi connectivity index (χ1n) is 12.0. The van der Waals surface area contributed by atoms with Gasteiger partial charge in [-0.25, -0.2) is 0 Å². The normalized spacial score (nSPS) is 24.0. The van der Waals surface area contributed by atoms with Gasteiger partial charge in [-0.1, -0.05) is 57.6 Å². The molecule has 164 valence electrons. The van der Waals surface area contributed by atoms with E-state index in [1.54, 1.807) is 0 Å². The van der Waals surface area contributed by atoms with Gasteiger partial charge in [0.25, 0.3) is 5.91 Å². The van der Waals surface area contributed by atoms with Crippen LogP contribution in [-0.4, -0.2) is 46.8 Å². The van der Waals surface area contributed by atoms with Crippen molar-refractivity contribution in [1.29, 1.82) is 0 Å². The van der Waals surface area contributed by atoms with Crippen molar-refractivity contribution in [3.63, 3.8) is 0 Å². The number of hydrogen-bond acceptors (Lipinski definition) is 3. The summed E-state index contributed by atoms with van der Waals surface area (Å²) in [6.45, 7) is 3.11. The minimum absolute atomic E-state index is 0.119. The van der Waals surface area contributed by atoms with E-state index in [0.717, 1.165) is 75.5 Å². The Balaban J connectivity index is 1.59. The van der Waals surface area contributed by atoms with Gasteiger partial charge in [0.2, 0.25) is 5.91 Å². The van der Waals surface area contributed by atoms with E-state index in [9.17, 15) is 9.59 Å². The molecule has 3 fully saturated rings. The predicted octanol–water partition coefficient (Wildman–Crippen LogP) is 4.85. The van der Waals surface area contributed by atoms with Gasteiger partial charge in [-0.3, -0.25) is 9.59 Å². The fourth-order valence-corrected chi connectivity index (χ4v) is 5.41. The van der Waals surface area contributed by atoms with E-state index in [4.69, 9.17) is 4.74 Å². The molecule has 0 unspecified atom stereocenters. The maximum atomic E-state index is 13.7. The van der Waals surface area contributed by atoms with Crippen molar-refractivity contribution in [2.24, 2.45) is 0 Å². The molecular formula is C25H36N2O3. The van der Waals surface area contributed by atoms with E-state index in [2.05, 4.69) is 6.92 Å². The molecule has 0 radical (unpaired) electrons. The van der Waals surface area contributed by atoms with E-state index in [1.807, 2.05) is 34.1 Å². The maximum absolute atomic E-state index is 13.7. The molecule has 1 aromatic carbocycles. The highest BCUT2D eigenvalue weighted by molar-refractivity contribution is 5.96. The summed E-state index contributed by atoms with van der Waals surface area (Å²) in [6, 6.07) is 7.82. The molecule has 5 heteroatoms. The highest BCUT2D eigenvalue weighted by atomic mass is 16.5. The topological polar surface area (TPSA) is 49.9 Å². The summed E-state index contributed by atoms with van der Waals surface area (Å²) in [6.07, 6.45) is 12.1. The third kappa shape index (κ3) is 4.50. The van der Waals surface area contributed by atoms with Crippen molar-refractivity contribution in [1.82, 2.24) is 9.80 Å². The van der Waals surface area contributed by atoms with Gasteiger partial charge < -0.3 is 14.5 Å². The zero-order chi connectivity index (χ0) is 20.9. The highest BCUT2D eigenvalue weighted by Gasteiger charge is 2.45. The molecule has 0 N–H and O–H groups in total. The molecule has 0 bridgehead atoms. The Kier molecular flexibility index (Phi) is 6.96. The molecule has 1 atom stereocenters. The van der Waals surface area contributed by atoms with E-state index in [1.165, 1.54) is 6.42 Å². The highest BCUT2D eigenvalue weighted by Crippen LogP contribution is 2.37. The lowest BCUT2D eigenvalue weighted by molar-refractivity contribution is -0.161. The number of rotatable bonds is 7. The van der Waals surface area contributed by atoms with Crippen LogP contribution in [0.15, 0.2) is 24.3 Å². The summed E-state index contributed by atoms with van der Waals surface area (Å²) >= 11 is 0. The largest absolute Gasteiger partial charge is 0.494 e. The lowest BCUT2D eigenvalue weighted by Crippen LogP contribution is -2.60. The molecule has 1 saturated heterocycles. The molecule has 1 aliphatic heterocycles. The van der Waals surface area contributed by atoms with Crippen LogP contribution < -0.4 is 4.74 Å². The van der Waals surface area contributed by atoms with Crippen LogP contribution >= 0.6 is 0 Å². The number of nitrogens with zero attached hydrogens (tertiary/aromatic N) is 2. The summed E-state index contributed by atoms with van der Waals surface area (Å²) in [5.74, 6) is 1.08. The average molecular weight is 413 g/mol. The van der Waals surface area contributed by atoms with Crippen molar-refractivity contribution in [3.8, 4) is 5.75 Å². The average Bonchev–Trinajstić information content (AvgIpc) is 3.30. The Morgan fingerprint density at radius 1 is 0.900 bits per heavy atom. The van der Waals surface area contributed by atoms with Crippen LogP contribution in [0.1, 0.15) is 89.2 Å². The molecule has 1 heterocycles. The fourth-order valence-electron chi connectivity index (χ4n) is 5.41. The molecule has 2 amide bonds. The monoisotopic (exact) mass is 412 g/mol. The Bertz CT molecular complexity index is 720. The standard InChI is InChI=1S/C25H36N2O3/c1-2-3-17-30-22-15-13-19(14-16-22)24-25(29)26(20-9-5-4-6-10-20)18-23(28)27(24)21-11-7-8-12-21/h13-16,20-21,24H,2-12,17-18H2,1H3/t24-/m0/s1. The smallest absolute Gasteiger partial charge is 0.250 e. The summed E-state index contributed by atoms with van der Waals surface area (Å²) in [5, 5.41) is 0. The molecule has 4 rings (SSSR count). The number of carbonyl (C=O) groups is 2. The summed E-state index contributed by atoms with van der Waals surface area (Å²) in [5.41, 5.74) is 0.920. The number of carbonyl (C=O) groups excluding carboxylic acids is 2. The van der Waals surface area contributed by atoms with Crippen molar-refractivity contribution >= 4 is 11.8 Å².